The summed E-state index contributed by atoms with van der Waals surface area (Å²) in [4.78, 5) is 22.5. The summed E-state index contributed by atoms with van der Waals surface area (Å²) in [6, 6.07) is -0.880. The maximum absolute atomic E-state index is 12.4. The van der Waals surface area contributed by atoms with Gasteiger partial charge < -0.3 is 19.5 Å². The summed E-state index contributed by atoms with van der Waals surface area (Å²) in [6.45, 7) is -0.729. The molecule has 3 atom stereocenters. The maximum atomic E-state index is 12.4. The van der Waals surface area contributed by atoms with Crippen LogP contribution in [0.15, 0.2) is 0 Å². The first-order valence-corrected chi connectivity index (χ1v) is 5.14. The van der Waals surface area contributed by atoms with Crippen LogP contribution in [0.1, 0.15) is 0 Å². The molecule has 18 heavy (non-hydrogen) atoms. The molecule has 2 heterocycles. The van der Waals surface area contributed by atoms with E-state index in [0.29, 0.717) is 4.90 Å². The highest BCUT2D eigenvalue weighted by Gasteiger charge is 2.52. The van der Waals surface area contributed by atoms with E-state index in [9.17, 15) is 22.8 Å². The first kappa shape index (κ1) is 13.1. The minimum atomic E-state index is -5.03. The van der Waals surface area contributed by atoms with Crippen LogP contribution < -0.4 is 0 Å². The number of morpholine rings is 1. The number of carboxylic acids is 1. The molecule has 2 aliphatic heterocycles. The van der Waals surface area contributed by atoms with Gasteiger partial charge in [-0.1, -0.05) is 0 Å². The highest BCUT2D eigenvalue weighted by molar-refractivity contribution is 5.83. The second kappa shape index (κ2) is 4.39. The third-order valence-electron chi connectivity index (χ3n) is 2.88. The average molecular weight is 269 g/mol. The fourth-order valence-electron chi connectivity index (χ4n) is 2.04. The standard InChI is InChI=1S/C9H10F3NO5/c10-9(11,12)8(16)13-1-5(7(14)15)18-6-3-17-2-4(6)13/h4-6H,1-3H2,(H,14,15)/t4-,5?,6-/m1/s1. The van der Waals surface area contributed by atoms with Crippen molar-refractivity contribution >= 4 is 11.9 Å². The van der Waals surface area contributed by atoms with Crippen LogP contribution in [-0.2, 0) is 19.1 Å². The number of halogens is 3. The second-order valence-electron chi connectivity index (χ2n) is 4.06. The molecule has 1 unspecified atom stereocenters. The highest BCUT2D eigenvalue weighted by atomic mass is 19.4. The van der Waals surface area contributed by atoms with Gasteiger partial charge in [-0.3, -0.25) is 4.79 Å². The number of fused-ring (bicyclic) bond motifs is 1. The summed E-state index contributed by atoms with van der Waals surface area (Å²) in [5.74, 6) is -3.46. The van der Waals surface area contributed by atoms with Crippen molar-refractivity contribution in [1.82, 2.24) is 4.90 Å². The fourth-order valence-corrected chi connectivity index (χ4v) is 2.04. The first-order valence-electron chi connectivity index (χ1n) is 5.14. The van der Waals surface area contributed by atoms with Crippen molar-refractivity contribution in [3.05, 3.63) is 0 Å². The molecule has 0 aromatic rings. The number of alkyl halides is 3. The quantitative estimate of drug-likeness (QED) is 0.702. The number of aliphatic carboxylic acids is 1. The predicted octanol–water partition coefficient (Wildman–Crippen LogP) is -0.372. The number of hydrogen-bond acceptors (Lipinski definition) is 4. The Hall–Kier alpha value is -1.35. The molecule has 0 aliphatic carbocycles. The van der Waals surface area contributed by atoms with E-state index in [1.807, 2.05) is 0 Å². The Morgan fingerprint density at radius 2 is 1.94 bits per heavy atom. The normalized spacial score (nSPS) is 32.2. The Labute approximate surface area is 99.2 Å². The number of hydrogen-bond donors (Lipinski definition) is 1. The van der Waals surface area contributed by atoms with Gasteiger partial charge in [0.15, 0.2) is 6.10 Å². The molecule has 0 aromatic carbocycles. The number of carbonyl (C=O) groups excluding carboxylic acids is 1. The number of rotatable bonds is 1. The Morgan fingerprint density at radius 1 is 1.28 bits per heavy atom. The molecular weight excluding hydrogens is 259 g/mol. The van der Waals surface area contributed by atoms with E-state index in [0.717, 1.165) is 0 Å². The Bertz CT molecular complexity index is 372. The minimum absolute atomic E-state index is 0.0178. The zero-order chi connectivity index (χ0) is 13.5. The van der Waals surface area contributed by atoms with E-state index < -0.39 is 42.8 Å². The Balaban J connectivity index is 2.20. The molecule has 0 bridgehead atoms. The van der Waals surface area contributed by atoms with Crippen LogP contribution in [-0.4, -0.2) is 66.1 Å². The van der Waals surface area contributed by atoms with Crippen molar-refractivity contribution < 1.29 is 37.3 Å². The molecule has 2 aliphatic rings. The smallest absolute Gasteiger partial charge is 0.471 e. The van der Waals surface area contributed by atoms with Gasteiger partial charge in [0.25, 0.3) is 0 Å². The number of ether oxygens (including phenoxy) is 2. The molecule has 9 heteroatoms. The predicted molar refractivity (Wildman–Crippen MR) is 48.7 cm³/mol. The van der Waals surface area contributed by atoms with E-state index in [-0.39, 0.29) is 13.2 Å². The summed E-state index contributed by atoms with van der Waals surface area (Å²) in [5.41, 5.74) is 0. The summed E-state index contributed by atoms with van der Waals surface area (Å²) in [5, 5.41) is 8.78. The molecule has 0 aromatic heterocycles. The van der Waals surface area contributed by atoms with Gasteiger partial charge in [-0.2, -0.15) is 13.2 Å². The topological polar surface area (TPSA) is 76.1 Å². The fraction of sp³-hybridized carbons (Fsp3) is 0.778. The van der Waals surface area contributed by atoms with E-state index in [1.165, 1.54) is 0 Å². The van der Waals surface area contributed by atoms with Crippen LogP contribution in [0.5, 0.6) is 0 Å². The van der Waals surface area contributed by atoms with E-state index in [1.54, 1.807) is 0 Å². The summed E-state index contributed by atoms with van der Waals surface area (Å²) >= 11 is 0. The molecule has 1 amide bonds. The van der Waals surface area contributed by atoms with Gasteiger partial charge in [0.05, 0.1) is 25.8 Å². The Kier molecular flexibility index (Phi) is 3.20. The molecule has 0 saturated carbocycles. The maximum Gasteiger partial charge on any atom is 0.471 e. The molecule has 0 radical (unpaired) electrons. The SMILES string of the molecule is O=C(O)C1CN(C(=O)C(F)(F)F)[C@@H]2COC[C@H]2O1. The number of amides is 1. The lowest BCUT2D eigenvalue weighted by atomic mass is 10.1. The molecule has 2 fully saturated rings. The molecular formula is C9H10F3NO5. The molecule has 6 nitrogen and oxygen atoms in total. The van der Waals surface area contributed by atoms with Crippen molar-refractivity contribution in [1.29, 1.82) is 0 Å². The van der Waals surface area contributed by atoms with Crippen molar-refractivity contribution in [2.45, 2.75) is 24.4 Å². The van der Waals surface area contributed by atoms with Crippen LogP contribution in [0.3, 0.4) is 0 Å². The van der Waals surface area contributed by atoms with Gasteiger partial charge in [0.1, 0.15) is 6.10 Å². The van der Waals surface area contributed by atoms with Gasteiger partial charge in [-0.05, 0) is 0 Å². The lowest BCUT2D eigenvalue weighted by Gasteiger charge is -2.39. The molecule has 2 rings (SSSR count). The molecule has 2 saturated heterocycles. The van der Waals surface area contributed by atoms with Crippen LogP contribution in [0, 0.1) is 0 Å². The van der Waals surface area contributed by atoms with Crippen LogP contribution in [0.25, 0.3) is 0 Å². The van der Waals surface area contributed by atoms with Crippen molar-refractivity contribution in [3.63, 3.8) is 0 Å². The van der Waals surface area contributed by atoms with Crippen molar-refractivity contribution in [2.75, 3.05) is 19.8 Å². The van der Waals surface area contributed by atoms with Gasteiger partial charge in [-0.25, -0.2) is 4.79 Å². The molecule has 102 valence electrons. The van der Waals surface area contributed by atoms with Gasteiger partial charge >= 0.3 is 18.1 Å². The summed E-state index contributed by atoms with van der Waals surface area (Å²) in [7, 11) is 0. The summed E-state index contributed by atoms with van der Waals surface area (Å²) < 4.78 is 47.2. The first-order chi connectivity index (χ1) is 8.30. The van der Waals surface area contributed by atoms with Gasteiger partial charge in [0.2, 0.25) is 0 Å². The highest BCUT2D eigenvalue weighted by Crippen LogP contribution is 2.28. The van der Waals surface area contributed by atoms with Gasteiger partial charge in [-0.15, -0.1) is 0 Å². The monoisotopic (exact) mass is 269 g/mol. The number of nitrogens with zero attached hydrogens (tertiary/aromatic N) is 1. The average Bonchev–Trinajstić information content (AvgIpc) is 2.73. The number of carboxylic acid groups (broad SMARTS) is 1. The zero-order valence-electron chi connectivity index (χ0n) is 9.01. The van der Waals surface area contributed by atoms with Crippen LogP contribution in [0.2, 0.25) is 0 Å². The molecule has 1 N–H and O–H groups in total. The van der Waals surface area contributed by atoms with E-state index in [2.05, 4.69) is 0 Å². The lowest BCUT2D eigenvalue weighted by molar-refractivity contribution is -0.201. The Morgan fingerprint density at radius 3 is 2.50 bits per heavy atom. The van der Waals surface area contributed by atoms with E-state index in [4.69, 9.17) is 14.6 Å². The van der Waals surface area contributed by atoms with Crippen LogP contribution in [0.4, 0.5) is 13.2 Å². The van der Waals surface area contributed by atoms with Gasteiger partial charge in [0, 0.05) is 0 Å². The largest absolute Gasteiger partial charge is 0.479 e. The van der Waals surface area contributed by atoms with Crippen molar-refractivity contribution in [2.24, 2.45) is 0 Å². The summed E-state index contributed by atoms with van der Waals surface area (Å²) in [6.07, 6.45) is -7.32. The third-order valence-corrected chi connectivity index (χ3v) is 2.88. The second-order valence-corrected chi connectivity index (χ2v) is 4.06. The zero-order valence-corrected chi connectivity index (χ0v) is 9.01. The minimum Gasteiger partial charge on any atom is -0.479 e. The van der Waals surface area contributed by atoms with Crippen molar-refractivity contribution in [3.8, 4) is 0 Å². The van der Waals surface area contributed by atoms with Crippen LogP contribution >= 0.6 is 0 Å². The number of carbonyl (C=O) groups is 2. The third kappa shape index (κ3) is 2.27. The lowest BCUT2D eigenvalue weighted by Crippen LogP contribution is -2.60. The molecule has 0 spiro atoms. The van der Waals surface area contributed by atoms with E-state index >= 15 is 0 Å².